The monoisotopic (exact) mass is 228 g/mol. The molecular formula is C12H14ClFO. The second-order valence-corrected chi connectivity index (χ2v) is 4.76. The highest BCUT2D eigenvalue weighted by Gasteiger charge is 2.38. The topological polar surface area (TPSA) is 20.2 Å². The molecule has 1 fully saturated rings. The van der Waals surface area contributed by atoms with Crippen molar-refractivity contribution in [1.29, 1.82) is 0 Å². The summed E-state index contributed by atoms with van der Waals surface area (Å²) in [5.41, 5.74) is 0.436. The van der Waals surface area contributed by atoms with Crippen molar-refractivity contribution in [3.8, 4) is 0 Å². The summed E-state index contributed by atoms with van der Waals surface area (Å²) in [6, 6.07) is 4.61. The van der Waals surface area contributed by atoms with Crippen molar-refractivity contribution < 1.29 is 9.50 Å². The van der Waals surface area contributed by atoms with Crippen molar-refractivity contribution in [2.45, 2.75) is 25.9 Å². The van der Waals surface area contributed by atoms with E-state index in [0.29, 0.717) is 28.8 Å². The van der Waals surface area contributed by atoms with Gasteiger partial charge in [0.2, 0.25) is 0 Å². The first-order valence-electron chi connectivity index (χ1n) is 5.20. The number of hydrogen-bond donors (Lipinski definition) is 1. The van der Waals surface area contributed by atoms with Crippen LogP contribution in [0.2, 0.25) is 5.02 Å². The van der Waals surface area contributed by atoms with Crippen molar-refractivity contribution >= 4 is 11.6 Å². The fourth-order valence-electron chi connectivity index (χ4n) is 1.97. The Balaban J connectivity index is 2.10. The van der Waals surface area contributed by atoms with Crippen LogP contribution in [0.3, 0.4) is 0 Å². The highest BCUT2D eigenvalue weighted by molar-refractivity contribution is 6.31. The molecule has 0 spiro atoms. The SMILES string of the molecule is CC1CC1C(O)Cc1c(F)cccc1Cl. The van der Waals surface area contributed by atoms with Crippen LogP contribution in [0.5, 0.6) is 0 Å². The zero-order valence-corrected chi connectivity index (χ0v) is 9.34. The molecule has 0 aliphatic heterocycles. The van der Waals surface area contributed by atoms with Crippen LogP contribution in [-0.2, 0) is 6.42 Å². The summed E-state index contributed by atoms with van der Waals surface area (Å²) in [6.45, 7) is 2.09. The van der Waals surface area contributed by atoms with Gasteiger partial charge in [-0.05, 0) is 30.4 Å². The second kappa shape index (κ2) is 4.11. The number of benzene rings is 1. The first-order valence-corrected chi connectivity index (χ1v) is 5.58. The van der Waals surface area contributed by atoms with E-state index in [1.807, 2.05) is 0 Å². The Labute approximate surface area is 93.9 Å². The van der Waals surface area contributed by atoms with Crippen molar-refractivity contribution in [3.63, 3.8) is 0 Å². The Kier molecular flexibility index (Phi) is 2.98. The molecule has 0 heterocycles. The Hall–Kier alpha value is -0.600. The van der Waals surface area contributed by atoms with Gasteiger partial charge < -0.3 is 5.11 Å². The molecule has 3 heteroatoms. The average Bonchev–Trinajstić information content (AvgIpc) is 2.89. The van der Waals surface area contributed by atoms with Crippen LogP contribution in [0.15, 0.2) is 18.2 Å². The van der Waals surface area contributed by atoms with E-state index in [4.69, 9.17) is 11.6 Å². The molecule has 0 amide bonds. The summed E-state index contributed by atoms with van der Waals surface area (Å²) in [5.74, 6) is 0.557. The molecule has 3 unspecified atom stereocenters. The summed E-state index contributed by atoms with van der Waals surface area (Å²) < 4.78 is 13.4. The van der Waals surface area contributed by atoms with E-state index in [0.717, 1.165) is 6.42 Å². The second-order valence-electron chi connectivity index (χ2n) is 4.35. The van der Waals surface area contributed by atoms with Crippen molar-refractivity contribution in [1.82, 2.24) is 0 Å². The zero-order valence-electron chi connectivity index (χ0n) is 8.58. The molecule has 1 saturated carbocycles. The van der Waals surface area contributed by atoms with E-state index in [1.165, 1.54) is 6.07 Å². The largest absolute Gasteiger partial charge is 0.392 e. The normalized spacial score (nSPS) is 26.4. The Bertz CT molecular complexity index is 346. The Morgan fingerprint density at radius 2 is 2.27 bits per heavy atom. The number of halogens is 2. The van der Waals surface area contributed by atoms with Crippen molar-refractivity contribution in [3.05, 3.63) is 34.6 Å². The van der Waals surface area contributed by atoms with E-state index in [9.17, 15) is 9.50 Å². The van der Waals surface area contributed by atoms with Crippen LogP contribution < -0.4 is 0 Å². The highest BCUT2D eigenvalue weighted by Crippen LogP contribution is 2.41. The number of rotatable bonds is 3. The van der Waals surface area contributed by atoms with Crippen LogP contribution in [0.4, 0.5) is 4.39 Å². The summed E-state index contributed by atoms with van der Waals surface area (Å²) in [4.78, 5) is 0. The maximum Gasteiger partial charge on any atom is 0.127 e. The van der Waals surface area contributed by atoms with E-state index < -0.39 is 6.10 Å². The third kappa shape index (κ3) is 2.32. The lowest BCUT2D eigenvalue weighted by Crippen LogP contribution is -2.15. The van der Waals surface area contributed by atoms with Gasteiger partial charge >= 0.3 is 0 Å². The minimum Gasteiger partial charge on any atom is -0.392 e. The molecular weight excluding hydrogens is 215 g/mol. The maximum absolute atomic E-state index is 13.4. The minimum atomic E-state index is -0.464. The number of aliphatic hydroxyl groups excluding tert-OH is 1. The van der Waals surface area contributed by atoms with E-state index in [1.54, 1.807) is 12.1 Å². The van der Waals surface area contributed by atoms with Gasteiger partial charge in [-0.1, -0.05) is 24.6 Å². The van der Waals surface area contributed by atoms with Gasteiger partial charge in [-0.25, -0.2) is 4.39 Å². The predicted octanol–water partition coefficient (Wildman–Crippen LogP) is 3.04. The van der Waals surface area contributed by atoms with Gasteiger partial charge in [0.25, 0.3) is 0 Å². The molecule has 1 aromatic rings. The molecule has 1 aliphatic carbocycles. The van der Waals surface area contributed by atoms with Gasteiger partial charge in [0.05, 0.1) is 6.10 Å². The lowest BCUT2D eigenvalue weighted by atomic mass is 10.0. The Morgan fingerprint density at radius 3 is 2.80 bits per heavy atom. The standard InChI is InChI=1S/C12H14ClFO/c1-7-5-8(7)12(15)6-9-10(13)3-2-4-11(9)14/h2-4,7-8,12,15H,5-6H2,1H3. The van der Waals surface area contributed by atoms with Gasteiger partial charge in [-0.3, -0.25) is 0 Å². The summed E-state index contributed by atoms with van der Waals surface area (Å²) in [6.07, 6.45) is 0.891. The average molecular weight is 229 g/mol. The lowest BCUT2D eigenvalue weighted by molar-refractivity contribution is 0.145. The zero-order chi connectivity index (χ0) is 11.0. The van der Waals surface area contributed by atoms with Gasteiger partial charge in [0.1, 0.15) is 5.82 Å². The molecule has 2 rings (SSSR count). The maximum atomic E-state index is 13.4. The molecule has 0 bridgehead atoms. The predicted molar refractivity (Wildman–Crippen MR) is 58.4 cm³/mol. The molecule has 3 atom stereocenters. The first-order chi connectivity index (χ1) is 7.09. The van der Waals surface area contributed by atoms with Crippen LogP contribution in [0, 0.1) is 17.7 Å². The van der Waals surface area contributed by atoms with E-state index in [2.05, 4.69) is 6.92 Å². The lowest BCUT2D eigenvalue weighted by Gasteiger charge is -2.11. The molecule has 1 nitrogen and oxygen atoms in total. The van der Waals surface area contributed by atoms with Crippen molar-refractivity contribution in [2.24, 2.45) is 11.8 Å². The minimum absolute atomic E-state index is 0.320. The molecule has 1 aliphatic rings. The van der Waals surface area contributed by atoms with E-state index >= 15 is 0 Å². The summed E-state index contributed by atoms with van der Waals surface area (Å²) >= 11 is 5.88. The smallest absolute Gasteiger partial charge is 0.127 e. The van der Waals surface area contributed by atoms with Gasteiger partial charge in [0, 0.05) is 17.0 Å². The highest BCUT2D eigenvalue weighted by atomic mass is 35.5. The molecule has 1 N–H and O–H groups in total. The van der Waals surface area contributed by atoms with Crippen LogP contribution in [-0.4, -0.2) is 11.2 Å². The quantitative estimate of drug-likeness (QED) is 0.843. The number of aliphatic hydroxyl groups is 1. The summed E-state index contributed by atoms with van der Waals surface area (Å²) in [5, 5.41) is 10.2. The fraction of sp³-hybridized carbons (Fsp3) is 0.500. The van der Waals surface area contributed by atoms with Crippen LogP contribution >= 0.6 is 11.6 Å². The molecule has 15 heavy (non-hydrogen) atoms. The molecule has 0 aromatic heterocycles. The van der Waals surface area contributed by atoms with Gasteiger partial charge in [0.15, 0.2) is 0 Å². The third-order valence-corrected chi connectivity index (χ3v) is 3.50. The first kappa shape index (κ1) is 10.9. The van der Waals surface area contributed by atoms with Crippen LogP contribution in [0.1, 0.15) is 18.9 Å². The molecule has 0 saturated heterocycles. The van der Waals surface area contributed by atoms with Gasteiger partial charge in [-0.2, -0.15) is 0 Å². The van der Waals surface area contributed by atoms with Crippen molar-refractivity contribution in [2.75, 3.05) is 0 Å². The van der Waals surface area contributed by atoms with Crippen LogP contribution in [0.25, 0.3) is 0 Å². The fourth-order valence-corrected chi connectivity index (χ4v) is 2.22. The summed E-state index contributed by atoms with van der Waals surface area (Å²) in [7, 11) is 0. The number of hydrogen-bond acceptors (Lipinski definition) is 1. The molecule has 1 aromatic carbocycles. The van der Waals surface area contributed by atoms with E-state index in [-0.39, 0.29) is 5.82 Å². The van der Waals surface area contributed by atoms with Gasteiger partial charge in [-0.15, -0.1) is 0 Å². The molecule has 82 valence electrons. The molecule has 0 radical (unpaired) electrons. The third-order valence-electron chi connectivity index (χ3n) is 3.14. The Morgan fingerprint density at radius 1 is 1.60 bits per heavy atom.